The van der Waals surface area contributed by atoms with Crippen LogP contribution < -0.4 is 0 Å². The van der Waals surface area contributed by atoms with Crippen molar-refractivity contribution in [2.75, 3.05) is 0 Å². The Morgan fingerprint density at radius 2 is 1.81 bits per heavy atom. The van der Waals surface area contributed by atoms with Gasteiger partial charge in [0.15, 0.2) is 0 Å². The van der Waals surface area contributed by atoms with Crippen molar-refractivity contribution in [1.82, 2.24) is 29.7 Å². The molecule has 1 atom stereocenters. The van der Waals surface area contributed by atoms with Gasteiger partial charge >= 0.3 is 0 Å². The Bertz CT molecular complexity index is 1070. The summed E-state index contributed by atoms with van der Waals surface area (Å²) in [6, 6.07) is 9.76. The van der Waals surface area contributed by atoms with E-state index in [4.69, 9.17) is 4.52 Å². The van der Waals surface area contributed by atoms with E-state index in [0.29, 0.717) is 22.6 Å². The molecule has 0 saturated carbocycles. The summed E-state index contributed by atoms with van der Waals surface area (Å²) in [6.07, 6.45) is 0. The van der Waals surface area contributed by atoms with Gasteiger partial charge in [-0.3, -0.25) is 0 Å². The van der Waals surface area contributed by atoms with E-state index in [1.807, 2.05) is 58.0 Å². The molecule has 4 rings (SSSR count). The van der Waals surface area contributed by atoms with Gasteiger partial charge in [-0.15, -0.1) is 5.10 Å². The Balaban J connectivity index is 1.59. The van der Waals surface area contributed by atoms with Gasteiger partial charge < -0.3 is 4.52 Å². The van der Waals surface area contributed by atoms with Crippen molar-refractivity contribution in [2.45, 2.75) is 38.1 Å². The van der Waals surface area contributed by atoms with Crippen LogP contribution in [0.25, 0.3) is 17.2 Å². The standard InChI is InChI=1S/C18H18N6OS/c1-10-11(2)19-17-21-18(22-24(17)12(10)3)26-13(4)16-20-15(23-25-16)14-8-6-5-7-9-14/h5-9,13H,1-4H3. The molecule has 0 amide bonds. The predicted octanol–water partition coefficient (Wildman–Crippen LogP) is 3.95. The molecule has 1 unspecified atom stereocenters. The number of nitrogens with zero attached hydrogens (tertiary/aromatic N) is 6. The summed E-state index contributed by atoms with van der Waals surface area (Å²) < 4.78 is 7.21. The molecule has 0 saturated heterocycles. The quantitative estimate of drug-likeness (QED) is 0.506. The van der Waals surface area contributed by atoms with Crippen LogP contribution in [0.4, 0.5) is 0 Å². The Labute approximate surface area is 154 Å². The summed E-state index contributed by atoms with van der Waals surface area (Å²) in [5.74, 6) is 1.74. The maximum atomic E-state index is 5.43. The van der Waals surface area contributed by atoms with Crippen molar-refractivity contribution in [3.05, 3.63) is 53.2 Å². The molecule has 3 heterocycles. The zero-order valence-electron chi connectivity index (χ0n) is 15.0. The topological polar surface area (TPSA) is 82.0 Å². The van der Waals surface area contributed by atoms with Crippen molar-refractivity contribution in [3.63, 3.8) is 0 Å². The van der Waals surface area contributed by atoms with Crippen molar-refractivity contribution < 1.29 is 4.52 Å². The van der Waals surface area contributed by atoms with E-state index in [1.165, 1.54) is 11.8 Å². The fourth-order valence-electron chi connectivity index (χ4n) is 2.60. The first-order valence-corrected chi connectivity index (χ1v) is 9.17. The van der Waals surface area contributed by atoms with Crippen LogP contribution in [0.2, 0.25) is 0 Å². The molecule has 0 radical (unpaired) electrons. The van der Waals surface area contributed by atoms with Gasteiger partial charge in [-0.05, 0) is 33.3 Å². The number of fused-ring (bicyclic) bond motifs is 1. The highest BCUT2D eigenvalue weighted by Crippen LogP contribution is 2.33. The van der Waals surface area contributed by atoms with Crippen LogP contribution in [0.3, 0.4) is 0 Å². The minimum Gasteiger partial charge on any atom is -0.338 e. The molecule has 0 fully saturated rings. The lowest BCUT2D eigenvalue weighted by atomic mass is 10.2. The summed E-state index contributed by atoms with van der Waals surface area (Å²) in [7, 11) is 0. The zero-order chi connectivity index (χ0) is 18.3. The van der Waals surface area contributed by atoms with E-state index >= 15 is 0 Å². The Hall–Kier alpha value is -2.74. The average molecular weight is 366 g/mol. The molecule has 1 aromatic carbocycles. The van der Waals surface area contributed by atoms with Gasteiger partial charge in [0.2, 0.25) is 16.9 Å². The van der Waals surface area contributed by atoms with Crippen molar-refractivity contribution in [2.24, 2.45) is 0 Å². The molecule has 0 N–H and O–H groups in total. The fourth-order valence-corrected chi connectivity index (χ4v) is 3.38. The SMILES string of the molecule is Cc1nc2nc(SC(C)c3nc(-c4ccccc4)no3)nn2c(C)c1C. The lowest BCUT2D eigenvalue weighted by Gasteiger charge is -2.04. The zero-order valence-corrected chi connectivity index (χ0v) is 15.8. The fraction of sp³-hybridized carbons (Fsp3) is 0.278. The van der Waals surface area contributed by atoms with Crippen molar-refractivity contribution in [1.29, 1.82) is 0 Å². The van der Waals surface area contributed by atoms with E-state index in [2.05, 4.69) is 25.2 Å². The predicted molar refractivity (Wildman–Crippen MR) is 99.0 cm³/mol. The van der Waals surface area contributed by atoms with Gasteiger partial charge in [0.1, 0.15) is 0 Å². The van der Waals surface area contributed by atoms with E-state index in [9.17, 15) is 0 Å². The van der Waals surface area contributed by atoms with Crippen molar-refractivity contribution in [3.8, 4) is 11.4 Å². The van der Waals surface area contributed by atoms with Gasteiger partial charge in [0, 0.05) is 17.0 Å². The molecule has 0 aliphatic rings. The van der Waals surface area contributed by atoms with Crippen LogP contribution in [0.1, 0.15) is 35.0 Å². The van der Waals surface area contributed by atoms with Gasteiger partial charge in [-0.25, -0.2) is 9.50 Å². The third-order valence-electron chi connectivity index (χ3n) is 4.35. The maximum absolute atomic E-state index is 5.43. The Morgan fingerprint density at radius 3 is 2.58 bits per heavy atom. The second kappa shape index (κ2) is 6.53. The molecule has 7 nitrogen and oxygen atoms in total. The summed E-state index contributed by atoms with van der Waals surface area (Å²) in [6.45, 7) is 8.04. The second-order valence-electron chi connectivity index (χ2n) is 6.10. The number of rotatable bonds is 4. The smallest absolute Gasteiger partial charge is 0.253 e. The van der Waals surface area contributed by atoms with E-state index in [-0.39, 0.29) is 5.25 Å². The number of aryl methyl sites for hydroxylation is 2. The van der Waals surface area contributed by atoms with Gasteiger partial charge in [-0.2, -0.15) is 9.97 Å². The largest absolute Gasteiger partial charge is 0.338 e. The Kier molecular flexibility index (Phi) is 4.20. The molecular weight excluding hydrogens is 348 g/mol. The molecule has 4 aromatic rings. The molecule has 3 aromatic heterocycles. The second-order valence-corrected chi connectivity index (χ2v) is 7.40. The van der Waals surface area contributed by atoms with Crippen LogP contribution in [-0.4, -0.2) is 29.7 Å². The minimum atomic E-state index is -0.0696. The monoisotopic (exact) mass is 366 g/mol. The summed E-state index contributed by atoms with van der Waals surface area (Å²) in [5, 5.41) is 9.20. The van der Waals surface area contributed by atoms with E-state index in [1.54, 1.807) is 4.52 Å². The highest BCUT2D eigenvalue weighted by molar-refractivity contribution is 7.99. The number of thioether (sulfide) groups is 1. The molecule has 132 valence electrons. The third-order valence-corrected chi connectivity index (χ3v) is 5.28. The van der Waals surface area contributed by atoms with Crippen LogP contribution in [0.15, 0.2) is 40.0 Å². The molecule has 26 heavy (non-hydrogen) atoms. The van der Waals surface area contributed by atoms with E-state index < -0.39 is 0 Å². The molecule has 0 bridgehead atoms. The van der Waals surface area contributed by atoms with Crippen LogP contribution in [0, 0.1) is 20.8 Å². The third kappa shape index (κ3) is 2.96. The number of aromatic nitrogens is 6. The van der Waals surface area contributed by atoms with Gasteiger partial charge in [-0.1, -0.05) is 47.3 Å². The molecule has 0 spiro atoms. The lowest BCUT2D eigenvalue weighted by molar-refractivity contribution is 0.380. The highest BCUT2D eigenvalue weighted by Gasteiger charge is 2.20. The molecule has 0 aliphatic carbocycles. The molecular formula is C18H18N6OS. The van der Waals surface area contributed by atoms with Crippen LogP contribution in [0.5, 0.6) is 0 Å². The maximum Gasteiger partial charge on any atom is 0.253 e. The Morgan fingerprint density at radius 1 is 1.04 bits per heavy atom. The molecule has 8 heteroatoms. The van der Waals surface area contributed by atoms with Crippen LogP contribution in [-0.2, 0) is 0 Å². The first-order chi connectivity index (χ1) is 12.5. The first kappa shape index (κ1) is 16.7. The summed E-state index contributed by atoms with van der Waals surface area (Å²) in [4.78, 5) is 13.5. The lowest BCUT2D eigenvalue weighted by Crippen LogP contribution is -2.02. The summed E-state index contributed by atoms with van der Waals surface area (Å²) >= 11 is 1.47. The van der Waals surface area contributed by atoms with Crippen molar-refractivity contribution >= 4 is 17.5 Å². The molecule has 0 aliphatic heterocycles. The minimum absolute atomic E-state index is 0.0696. The average Bonchev–Trinajstić information content (AvgIpc) is 3.28. The number of hydrogen-bond acceptors (Lipinski definition) is 7. The number of benzene rings is 1. The summed E-state index contributed by atoms with van der Waals surface area (Å²) in [5.41, 5.74) is 4.06. The van der Waals surface area contributed by atoms with Gasteiger partial charge in [0.05, 0.1) is 5.25 Å². The van der Waals surface area contributed by atoms with Crippen LogP contribution >= 0.6 is 11.8 Å². The number of hydrogen-bond donors (Lipinski definition) is 0. The van der Waals surface area contributed by atoms with E-state index in [0.717, 1.165) is 22.5 Å². The first-order valence-electron chi connectivity index (χ1n) is 8.29. The normalized spacial score (nSPS) is 12.6. The van der Waals surface area contributed by atoms with Gasteiger partial charge in [0.25, 0.3) is 5.78 Å². The highest BCUT2D eigenvalue weighted by atomic mass is 32.2.